The van der Waals surface area contributed by atoms with Crippen molar-refractivity contribution in [3.8, 4) is 5.75 Å². The second-order valence-electron chi connectivity index (χ2n) is 12.2. The molecule has 2 aliphatic heterocycles. The van der Waals surface area contributed by atoms with Crippen molar-refractivity contribution in [3.63, 3.8) is 0 Å². The molecule has 2 heterocycles. The molecule has 0 bridgehead atoms. The summed E-state index contributed by atoms with van der Waals surface area (Å²) in [5, 5.41) is 0. The van der Waals surface area contributed by atoms with E-state index < -0.39 is 30.0 Å². The average Bonchev–Trinajstić information content (AvgIpc) is 3.20. The van der Waals surface area contributed by atoms with Crippen molar-refractivity contribution in [2.24, 2.45) is 5.41 Å². The minimum atomic E-state index is -4.48. The number of hydrogen-bond donors (Lipinski definition) is 0. The number of hydrogen-bond acceptors (Lipinski definition) is 4. The quantitative estimate of drug-likeness (QED) is 0.351. The Hall–Kier alpha value is -3.26. The van der Waals surface area contributed by atoms with Crippen molar-refractivity contribution in [3.05, 3.63) is 75.9 Å². The number of carbonyl (C=O) groups is 1. The van der Waals surface area contributed by atoms with Crippen LogP contribution in [0.25, 0.3) is 11.1 Å². The molecule has 220 valence electrons. The first-order valence-electron chi connectivity index (χ1n) is 14.2. The minimum Gasteiger partial charge on any atom is -0.496 e. The van der Waals surface area contributed by atoms with E-state index in [-0.39, 0.29) is 5.41 Å². The van der Waals surface area contributed by atoms with Gasteiger partial charge in [-0.3, -0.25) is 4.90 Å². The predicted octanol–water partition coefficient (Wildman–Crippen LogP) is 8.37. The number of methoxy groups -OCH3 is 1. The highest BCUT2D eigenvalue weighted by atomic mass is 19.4. The van der Waals surface area contributed by atoms with Crippen molar-refractivity contribution in [1.29, 1.82) is 0 Å². The molecule has 5 rings (SSSR count). The Morgan fingerprint density at radius 1 is 1.12 bits per heavy atom. The van der Waals surface area contributed by atoms with E-state index in [4.69, 9.17) is 14.2 Å². The van der Waals surface area contributed by atoms with Gasteiger partial charge in [0.05, 0.1) is 31.9 Å². The maximum Gasteiger partial charge on any atom is 0.416 e. The van der Waals surface area contributed by atoms with Crippen molar-refractivity contribution >= 4 is 17.2 Å². The van der Waals surface area contributed by atoms with Crippen LogP contribution in [0.15, 0.2) is 48.0 Å². The number of alkyl halides is 3. The van der Waals surface area contributed by atoms with E-state index in [0.29, 0.717) is 30.9 Å². The summed E-state index contributed by atoms with van der Waals surface area (Å²) < 4.78 is 57.6. The zero-order chi connectivity index (χ0) is 29.5. The summed E-state index contributed by atoms with van der Waals surface area (Å²) in [6, 6.07) is 9.71. The van der Waals surface area contributed by atoms with Crippen molar-refractivity contribution in [2.45, 2.75) is 71.7 Å². The Morgan fingerprint density at radius 2 is 1.90 bits per heavy atom. The number of benzene rings is 2. The van der Waals surface area contributed by atoms with Gasteiger partial charge in [-0.25, -0.2) is 4.79 Å². The number of rotatable bonds is 6. The predicted molar refractivity (Wildman–Crippen MR) is 153 cm³/mol. The lowest BCUT2D eigenvalue weighted by atomic mass is 9.72. The molecule has 2 aromatic carbocycles. The highest BCUT2D eigenvalue weighted by molar-refractivity contribution is 5.79. The Labute approximate surface area is 240 Å². The lowest BCUT2D eigenvalue weighted by Crippen LogP contribution is -2.35. The van der Waals surface area contributed by atoms with Gasteiger partial charge in [0.15, 0.2) is 0 Å². The molecule has 0 spiro atoms. The van der Waals surface area contributed by atoms with E-state index in [1.54, 1.807) is 25.0 Å². The van der Waals surface area contributed by atoms with E-state index >= 15 is 0 Å². The third kappa shape index (κ3) is 6.17. The molecule has 0 saturated carbocycles. The third-order valence-electron chi connectivity index (χ3n) is 8.54. The fraction of sp³-hybridized carbons (Fsp3) is 0.485. The van der Waals surface area contributed by atoms with E-state index in [1.807, 2.05) is 13.0 Å². The van der Waals surface area contributed by atoms with Gasteiger partial charge in [-0.05, 0) is 97.1 Å². The standard InChI is InChI=1S/C33H38F3NO4/c1-20-14-24(16-26(15-20)33(34,35)36)30-21(2)37(31(38)41-30)19-25-18-32(3,4)11-8-27(25)28-17-23(6-7-29(28)39-5)22-9-12-40-13-10-22/h6-7,9,14-17,21,30H,8,10-13,18-19H2,1-5H3/t21-,30-/m0/s1. The summed E-state index contributed by atoms with van der Waals surface area (Å²) in [5.74, 6) is 0.781. The van der Waals surface area contributed by atoms with E-state index in [0.717, 1.165) is 65.8 Å². The average molecular weight is 570 g/mol. The molecular weight excluding hydrogens is 531 g/mol. The van der Waals surface area contributed by atoms with Crippen LogP contribution in [-0.2, 0) is 15.7 Å². The Balaban J connectivity index is 1.51. The van der Waals surface area contributed by atoms with Crippen LogP contribution in [0.4, 0.5) is 18.0 Å². The van der Waals surface area contributed by atoms with Crippen LogP contribution in [0.3, 0.4) is 0 Å². The monoisotopic (exact) mass is 569 g/mol. The molecule has 2 aromatic rings. The van der Waals surface area contributed by atoms with Crippen LogP contribution in [0.2, 0.25) is 0 Å². The number of allylic oxidation sites excluding steroid dienone is 1. The highest BCUT2D eigenvalue weighted by Crippen LogP contribution is 2.46. The maximum atomic E-state index is 13.5. The highest BCUT2D eigenvalue weighted by Gasteiger charge is 2.42. The molecule has 1 aliphatic carbocycles. The van der Waals surface area contributed by atoms with Gasteiger partial charge in [0, 0.05) is 12.1 Å². The molecule has 3 aliphatic rings. The lowest BCUT2D eigenvalue weighted by molar-refractivity contribution is -0.137. The zero-order valence-corrected chi connectivity index (χ0v) is 24.4. The molecular formula is C33H38F3NO4. The molecule has 0 N–H and O–H groups in total. The van der Waals surface area contributed by atoms with Gasteiger partial charge in [0.2, 0.25) is 0 Å². The van der Waals surface area contributed by atoms with Crippen LogP contribution in [-0.4, -0.2) is 43.9 Å². The van der Waals surface area contributed by atoms with E-state index in [2.05, 4.69) is 32.1 Å². The van der Waals surface area contributed by atoms with Gasteiger partial charge in [0.25, 0.3) is 0 Å². The molecule has 0 aromatic heterocycles. The summed E-state index contributed by atoms with van der Waals surface area (Å²) in [5.41, 5.74) is 5.82. The number of nitrogens with zero attached hydrogens (tertiary/aromatic N) is 1. The molecule has 1 amide bonds. The van der Waals surface area contributed by atoms with Crippen molar-refractivity contribution < 1.29 is 32.2 Å². The number of halogens is 3. The van der Waals surface area contributed by atoms with Crippen LogP contribution < -0.4 is 4.74 Å². The second-order valence-corrected chi connectivity index (χ2v) is 12.2. The SMILES string of the molecule is COc1ccc(C2=CCOCC2)cc1C1=C(CN2C(=O)O[C@H](c3cc(C)cc(C(F)(F)F)c3)[C@@H]2C)CC(C)(C)CC1. The Morgan fingerprint density at radius 3 is 2.59 bits per heavy atom. The van der Waals surface area contributed by atoms with Crippen LogP contribution in [0.5, 0.6) is 5.75 Å². The first kappa shape index (κ1) is 29.2. The normalized spacial score (nSPS) is 23.0. The van der Waals surface area contributed by atoms with Gasteiger partial charge >= 0.3 is 12.3 Å². The molecule has 0 unspecified atom stereocenters. The Kier molecular flexibility index (Phi) is 7.99. The number of carbonyl (C=O) groups excluding carboxylic acids is 1. The van der Waals surface area contributed by atoms with Crippen LogP contribution in [0.1, 0.15) is 80.4 Å². The molecule has 1 saturated heterocycles. The summed E-state index contributed by atoms with van der Waals surface area (Å²) in [6.45, 7) is 9.55. The van der Waals surface area contributed by atoms with Crippen molar-refractivity contribution in [2.75, 3.05) is 26.9 Å². The largest absolute Gasteiger partial charge is 0.496 e. The minimum absolute atomic E-state index is 0.0390. The third-order valence-corrected chi connectivity index (χ3v) is 8.54. The molecule has 8 heteroatoms. The van der Waals surface area contributed by atoms with Gasteiger partial charge in [-0.1, -0.05) is 37.6 Å². The van der Waals surface area contributed by atoms with E-state index in [9.17, 15) is 18.0 Å². The fourth-order valence-electron chi connectivity index (χ4n) is 6.33. The molecule has 1 fully saturated rings. The van der Waals surface area contributed by atoms with Gasteiger partial charge in [0.1, 0.15) is 11.9 Å². The number of aryl methyl sites for hydroxylation is 1. The number of ether oxygens (including phenoxy) is 3. The Bertz CT molecular complexity index is 1390. The summed E-state index contributed by atoms with van der Waals surface area (Å²) in [4.78, 5) is 14.9. The molecule has 41 heavy (non-hydrogen) atoms. The maximum absolute atomic E-state index is 13.5. The van der Waals surface area contributed by atoms with Crippen molar-refractivity contribution in [1.82, 2.24) is 4.90 Å². The summed E-state index contributed by atoms with van der Waals surface area (Å²) >= 11 is 0. The van der Waals surface area contributed by atoms with Crippen LogP contribution >= 0.6 is 0 Å². The number of cyclic esters (lactones) is 1. The van der Waals surface area contributed by atoms with Crippen LogP contribution in [0, 0.1) is 12.3 Å². The zero-order valence-electron chi connectivity index (χ0n) is 24.4. The van der Waals surface area contributed by atoms with E-state index in [1.165, 1.54) is 5.57 Å². The first-order valence-corrected chi connectivity index (χ1v) is 14.2. The molecule has 5 nitrogen and oxygen atoms in total. The molecule has 2 atom stereocenters. The molecule has 0 radical (unpaired) electrons. The van der Waals surface area contributed by atoms with Gasteiger partial charge < -0.3 is 14.2 Å². The topological polar surface area (TPSA) is 48.0 Å². The van der Waals surface area contributed by atoms with Gasteiger partial charge in [-0.15, -0.1) is 0 Å². The number of amides is 1. The summed E-state index contributed by atoms with van der Waals surface area (Å²) in [7, 11) is 1.67. The second kappa shape index (κ2) is 11.2. The summed E-state index contributed by atoms with van der Waals surface area (Å²) in [6.07, 6.45) is -0.211. The lowest BCUT2D eigenvalue weighted by Gasteiger charge is -2.36. The van der Waals surface area contributed by atoms with Gasteiger partial charge in [-0.2, -0.15) is 13.2 Å². The smallest absolute Gasteiger partial charge is 0.416 e. The first-order chi connectivity index (χ1) is 19.4. The fourth-order valence-corrected chi connectivity index (χ4v) is 6.33.